The van der Waals surface area contributed by atoms with Crippen molar-refractivity contribution >= 4 is 29.4 Å². The fourth-order valence-corrected chi connectivity index (χ4v) is 5.10. The van der Waals surface area contributed by atoms with Crippen LogP contribution in [0.1, 0.15) is 49.9 Å². The second kappa shape index (κ2) is 7.61. The molecule has 7 nitrogen and oxygen atoms in total. The van der Waals surface area contributed by atoms with E-state index < -0.39 is 5.97 Å². The van der Waals surface area contributed by atoms with Crippen LogP contribution in [0.25, 0.3) is 0 Å². The Labute approximate surface area is 169 Å². The number of hydrogen-bond acceptors (Lipinski definition) is 5. The van der Waals surface area contributed by atoms with Gasteiger partial charge in [0.05, 0.1) is 23.5 Å². The van der Waals surface area contributed by atoms with Crippen LogP contribution in [0.2, 0.25) is 0 Å². The lowest BCUT2D eigenvalue weighted by Gasteiger charge is -2.19. The van der Waals surface area contributed by atoms with Crippen LogP contribution < -0.4 is 5.32 Å². The summed E-state index contributed by atoms with van der Waals surface area (Å²) in [6.45, 7) is 3.68. The quantitative estimate of drug-likeness (QED) is 0.587. The Morgan fingerprint density at radius 2 is 1.66 bits per heavy atom. The Hall–Kier alpha value is -2.70. The van der Waals surface area contributed by atoms with Gasteiger partial charge in [-0.3, -0.25) is 19.3 Å². The van der Waals surface area contributed by atoms with Gasteiger partial charge in [0.2, 0.25) is 17.7 Å². The SMILES string of the molecule is CC(C)OC(=O)c1ccc(NC(=O)CCN2C(=O)[C@@H]3[C@@H]4CC[C@@H](C4)[C@@H]3C2=O)cc1. The molecule has 1 saturated heterocycles. The Bertz CT molecular complexity index is 819. The second-order valence-electron chi connectivity index (χ2n) is 8.54. The molecule has 1 aliphatic heterocycles. The van der Waals surface area contributed by atoms with Crippen molar-refractivity contribution in [2.45, 2.75) is 45.6 Å². The van der Waals surface area contributed by atoms with E-state index in [2.05, 4.69) is 5.32 Å². The van der Waals surface area contributed by atoms with E-state index in [4.69, 9.17) is 4.74 Å². The monoisotopic (exact) mass is 398 g/mol. The molecule has 2 aliphatic carbocycles. The van der Waals surface area contributed by atoms with Gasteiger partial charge in [0.25, 0.3) is 0 Å². The molecule has 1 aromatic carbocycles. The van der Waals surface area contributed by atoms with Gasteiger partial charge < -0.3 is 10.1 Å². The minimum Gasteiger partial charge on any atom is -0.459 e. The van der Waals surface area contributed by atoms with Gasteiger partial charge in [-0.1, -0.05) is 0 Å². The first-order valence-electron chi connectivity index (χ1n) is 10.3. The molecule has 2 bridgehead atoms. The average Bonchev–Trinajstić information content (AvgIpc) is 3.35. The highest BCUT2D eigenvalue weighted by molar-refractivity contribution is 6.06. The number of anilines is 1. The summed E-state index contributed by atoms with van der Waals surface area (Å²) in [5, 5.41) is 2.74. The van der Waals surface area contributed by atoms with Crippen molar-refractivity contribution in [3.8, 4) is 0 Å². The molecule has 4 atom stereocenters. The highest BCUT2D eigenvalue weighted by atomic mass is 16.5. The first-order valence-corrected chi connectivity index (χ1v) is 10.3. The van der Waals surface area contributed by atoms with Gasteiger partial charge in [0, 0.05) is 18.7 Å². The van der Waals surface area contributed by atoms with Crippen LogP contribution in [-0.2, 0) is 19.1 Å². The van der Waals surface area contributed by atoms with Gasteiger partial charge >= 0.3 is 5.97 Å². The van der Waals surface area contributed by atoms with Crippen LogP contribution in [0.3, 0.4) is 0 Å². The average molecular weight is 398 g/mol. The standard InChI is InChI=1S/C22H26N2O5/c1-12(2)29-22(28)13-5-7-16(8-6-13)23-17(25)9-10-24-20(26)18-14-3-4-15(11-14)19(18)21(24)27/h5-8,12,14-15,18-19H,3-4,9-11H2,1-2H3,(H,23,25)/t14-,15+,18-,19+. The Morgan fingerprint density at radius 3 is 2.21 bits per heavy atom. The molecule has 3 amide bonds. The van der Waals surface area contributed by atoms with Crippen molar-refractivity contribution in [1.82, 2.24) is 4.90 Å². The van der Waals surface area contributed by atoms with Crippen molar-refractivity contribution in [3.05, 3.63) is 29.8 Å². The fourth-order valence-electron chi connectivity index (χ4n) is 5.10. The Kier molecular flexibility index (Phi) is 5.15. The molecule has 4 rings (SSSR count). The van der Waals surface area contributed by atoms with Gasteiger partial charge in [-0.25, -0.2) is 4.79 Å². The zero-order valence-electron chi connectivity index (χ0n) is 16.7. The van der Waals surface area contributed by atoms with Crippen LogP contribution in [0.4, 0.5) is 5.69 Å². The number of carbonyl (C=O) groups excluding carboxylic acids is 4. The molecule has 3 aliphatic rings. The van der Waals surface area contributed by atoms with Crippen LogP contribution in [0.15, 0.2) is 24.3 Å². The summed E-state index contributed by atoms with van der Waals surface area (Å²) in [5.74, 6) is -0.472. The number of nitrogens with one attached hydrogen (secondary N) is 1. The normalized spacial score (nSPS) is 27.5. The zero-order chi connectivity index (χ0) is 20.7. The van der Waals surface area contributed by atoms with Crippen molar-refractivity contribution in [3.63, 3.8) is 0 Å². The van der Waals surface area contributed by atoms with Crippen LogP contribution in [0.5, 0.6) is 0 Å². The Morgan fingerprint density at radius 1 is 1.07 bits per heavy atom. The molecular formula is C22H26N2O5. The van der Waals surface area contributed by atoms with E-state index in [1.165, 1.54) is 4.90 Å². The molecular weight excluding hydrogens is 372 g/mol. The molecule has 1 heterocycles. The van der Waals surface area contributed by atoms with Gasteiger partial charge in [0.1, 0.15) is 0 Å². The second-order valence-corrected chi connectivity index (χ2v) is 8.54. The summed E-state index contributed by atoms with van der Waals surface area (Å²) in [4.78, 5) is 50.8. The number of esters is 1. The third kappa shape index (κ3) is 3.66. The molecule has 154 valence electrons. The Balaban J connectivity index is 1.30. The molecule has 2 saturated carbocycles. The molecule has 7 heteroatoms. The van der Waals surface area contributed by atoms with E-state index in [9.17, 15) is 19.2 Å². The van der Waals surface area contributed by atoms with E-state index in [1.54, 1.807) is 38.1 Å². The van der Waals surface area contributed by atoms with Crippen LogP contribution >= 0.6 is 0 Å². The highest BCUT2D eigenvalue weighted by Crippen LogP contribution is 2.56. The highest BCUT2D eigenvalue weighted by Gasteiger charge is 2.60. The number of rotatable bonds is 6. The first-order chi connectivity index (χ1) is 13.8. The molecule has 3 fully saturated rings. The lowest BCUT2D eigenvalue weighted by Crippen LogP contribution is -2.35. The van der Waals surface area contributed by atoms with E-state index in [0.717, 1.165) is 19.3 Å². The number of fused-ring (bicyclic) bond motifs is 5. The largest absolute Gasteiger partial charge is 0.459 e. The summed E-state index contributed by atoms with van der Waals surface area (Å²) in [5.41, 5.74) is 0.955. The van der Waals surface area contributed by atoms with Gasteiger partial charge in [-0.15, -0.1) is 0 Å². The number of amides is 3. The molecule has 0 spiro atoms. The molecule has 0 radical (unpaired) electrons. The number of ether oxygens (including phenoxy) is 1. The van der Waals surface area contributed by atoms with Gasteiger partial charge in [-0.2, -0.15) is 0 Å². The van der Waals surface area contributed by atoms with Crippen molar-refractivity contribution in [2.24, 2.45) is 23.7 Å². The van der Waals surface area contributed by atoms with E-state index in [-0.39, 0.29) is 48.6 Å². The fraction of sp³-hybridized carbons (Fsp3) is 0.545. The number of likely N-dealkylation sites (tertiary alicyclic amines) is 1. The van der Waals surface area contributed by atoms with Gasteiger partial charge in [-0.05, 0) is 69.2 Å². The number of nitrogens with zero attached hydrogens (tertiary/aromatic N) is 1. The number of benzene rings is 1. The topological polar surface area (TPSA) is 92.8 Å². The maximum absolute atomic E-state index is 12.7. The molecule has 1 N–H and O–H groups in total. The molecule has 1 aromatic rings. The lowest BCUT2D eigenvalue weighted by atomic mass is 9.81. The summed E-state index contributed by atoms with van der Waals surface area (Å²) in [7, 11) is 0. The maximum Gasteiger partial charge on any atom is 0.338 e. The molecule has 0 unspecified atom stereocenters. The lowest BCUT2D eigenvalue weighted by molar-refractivity contribution is -0.140. The predicted octanol–water partition coefficient (Wildman–Crippen LogP) is 2.61. The van der Waals surface area contributed by atoms with Crippen LogP contribution in [-0.4, -0.2) is 41.2 Å². The first kappa shape index (κ1) is 19.6. The minimum atomic E-state index is -0.413. The van der Waals surface area contributed by atoms with E-state index in [1.807, 2.05) is 0 Å². The van der Waals surface area contributed by atoms with Crippen molar-refractivity contribution < 1.29 is 23.9 Å². The molecule has 29 heavy (non-hydrogen) atoms. The number of carbonyl (C=O) groups is 4. The number of imide groups is 1. The minimum absolute atomic E-state index is 0.0589. The third-order valence-electron chi connectivity index (χ3n) is 6.33. The third-order valence-corrected chi connectivity index (χ3v) is 6.33. The van der Waals surface area contributed by atoms with E-state index >= 15 is 0 Å². The number of hydrogen-bond donors (Lipinski definition) is 1. The summed E-state index contributed by atoms with van der Waals surface area (Å²) in [6.07, 6.45) is 2.94. The van der Waals surface area contributed by atoms with Crippen molar-refractivity contribution in [1.29, 1.82) is 0 Å². The summed E-state index contributed by atoms with van der Waals surface area (Å²) >= 11 is 0. The van der Waals surface area contributed by atoms with Crippen LogP contribution in [0, 0.1) is 23.7 Å². The van der Waals surface area contributed by atoms with Crippen molar-refractivity contribution in [2.75, 3.05) is 11.9 Å². The predicted molar refractivity (Wildman–Crippen MR) is 105 cm³/mol. The van der Waals surface area contributed by atoms with E-state index in [0.29, 0.717) is 23.1 Å². The smallest absolute Gasteiger partial charge is 0.338 e. The zero-order valence-corrected chi connectivity index (χ0v) is 16.7. The summed E-state index contributed by atoms with van der Waals surface area (Å²) < 4.78 is 5.13. The summed E-state index contributed by atoms with van der Waals surface area (Å²) in [6, 6.07) is 6.43. The molecule has 0 aromatic heterocycles. The maximum atomic E-state index is 12.7. The van der Waals surface area contributed by atoms with Gasteiger partial charge in [0.15, 0.2) is 0 Å².